The molecule has 1 aromatic carbocycles. The van der Waals surface area contributed by atoms with Crippen LogP contribution < -0.4 is 5.32 Å². The van der Waals surface area contributed by atoms with Gasteiger partial charge in [0.2, 0.25) is 0 Å². The van der Waals surface area contributed by atoms with Crippen molar-refractivity contribution < 1.29 is 19.8 Å². The number of thioether (sulfide) groups is 1. The van der Waals surface area contributed by atoms with Gasteiger partial charge in [0.05, 0.1) is 10.6 Å². The number of aryl methyl sites for hydroxylation is 1. The maximum atomic E-state index is 12.0. The number of carbonyl (C=O) groups excluding carboxylic acids is 1. The molecular formula is C16H13N3O4S. The Morgan fingerprint density at radius 1 is 1.38 bits per heavy atom. The molecule has 1 aliphatic rings. The summed E-state index contributed by atoms with van der Waals surface area (Å²) in [4.78, 5) is 27.8. The molecular weight excluding hydrogens is 330 g/mol. The fraction of sp³-hybridized carbons (Fsp3) is 0.0625. The van der Waals surface area contributed by atoms with Gasteiger partial charge in [0.25, 0.3) is 5.91 Å². The van der Waals surface area contributed by atoms with Crippen LogP contribution in [0, 0.1) is 0 Å². The van der Waals surface area contributed by atoms with Gasteiger partial charge in [-0.25, -0.2) is 9.79 Å². The average Bonchev–Trinajstić information content (AvgIpc) is 3.08. The molecule has 0 unspecified atom stereocenters. The van der Waals surface area contributed by atoms with Gasteiger partial charge in [0.1, 0.15) is 11.3 Å². The SMILES string of the molecule is Cn1cccc1/C=C1/SC(=Nc2ccc(O)c(C(=O)O)c2)NC1=O. The van der Waals surface area contributed by atoms with Crippen molar-refractivity contribution in [3.8, 4) is 5.75 Å². The number of hydrogen-bond acceptors (Lipinski definition) is 5. The monoisotopic (exact) mass is 343 g/mol. The Kier molecular flexibility index (Phi) is 4.13. The zero-order valence-electron chi connectivity index (χ0n) is 12.6. The second-order valence-electron chi connectivity index (χ2n) is 5.03. The number of amidine groups is 1. The number of aromatic nitrogens is 1. The number of carboxylic acids is 1. The van der Waals surface area contributed by atoms with Gasteiger partial charge in [-0.1, -0.05) is 0 Å². The molecule has 0 aliphatic carbocycles. The Bertz CT molecular complexity index is 898. The Morgan fingerprint density at radius 3 is 2.83 bits per heavy atom. The summed E-state index contributed by atoms with van der Waals surface area (Å²) in [6.07, 6.45) is 3.63. The Morgan fingerprint density at radius 2 is 2.17 bits per heavy atom. The van der Waals surface area contributed by atoms with Crippen LogP contribution in [0.4, 0.5) is 5.69 Å². The molecule has 2 aromatic rings. The molecule has 8 heteroatoms. The molecule has 1 fully saturated rings. The third-order valence-corrected chi connectivity index (χ3v) is 4.26. The van der Waals surface area contributed by atoms with Crippen LogP contribution in [-0.4, -0.2) is 31.8 Å². The van der Waals surface area contributed by atoms with E-state index in [4.69, 9.17) is 5.11 Å². The fourth-order valence-corrected chi connectivity index (χ4v) is 2.95. The molecule has 0 saturated carbocycles. The van der Waals surface area contributed by atoms with Crippen LogP contribution in [0.3, 0.4) is 0 Å². The highest BCUT2D eigenvalue weighted by molar-refractivity contribution is 8.18. The Labute approximate surface area is 141 Å². The molecule has 3 N–H and O–H groups in total. The van der Waals surface area contributed by atoms with Crippen molar-refractivity contribution in [2.45, 2.75) is 0 Å². The third kappa shape index (κ3) is 3.18. The number of aromatic hydroxyl groups is 1. The molecule has 1 saturated heterocycles. The van der Waals surface area contributed by atoms with Crippen LogP contribution in [0.1, 0.15) is 16.1 Å². The number of carboxylic acid groups (broad SMARTS) is 1. The molecule has 3 rings (SSSR count). The summed E-state index contributed by atoms with van der Waals surface area (Å²) in [5.74, 6) is -1.85. The standard InChI is InChI=1S/C16H13N3O4S/c1-19-6-2-3-10(19)8-13-14(21)18-16(24-13)17-9-4-5-12(20)11(7-9)15(22)23/h2-8,20H,1H3,(H,22,23)(H,17,18,21)/b13-8+. The third-order valence-electron chi connectivity index (χ3n) is 3.35. The number of benzene rings is 1. The summed E-state index contributed by atoms with van der Waals surface area (Å²) in [5.41, 5.74) is 0.963. The maximum absolute atomic E-state index is 12.0. The van der Waals surface area contributed by atoms with Crippen LogP contribution in [0.2, 0.25) is 0 Å². The second-order valence-corrected chi connectivity index (χ2v) is 6.06. The lowest BCUT2D eigenvalue weighted by Crippen LogP contribution is -2.19. The van der Waals surface area contributed by atoms with Gasteiger partial charge in [-0.05, 0) is 48.2 Å². The van der Waals surface area contributed by atoms with Crippen LogP contribution in [0.25, 0.3) is 6.08 Å². The summed E-state index contributed by atoms with van der Waals surface area (Å²) in [5, 5.41) is 21.5. The number of nitrogens with zero attached hydrogens (tertiary/aromatic N) is 2. The molecule has 1 aliphatic heterocycles. The second kappa shape index (κ2) is 6.25. The van der Waals surface area contributed by atoms with E-state index < -0.39 is 5.97 Å². The fourth-order valence-electron chi connectivity index (χ4n) is 2.12. The molecule has 2 heterocycles. The minimum atomic E-state index is -1.25. The zero-order valence-corrected chi connectivity index (χ0v) is 13.4. The van der Waals surface area contributed by atoms with Crippen molar-refractivity contribution in [3.63, 3.8) is 0 Å². The van der Waals surface area contributed by atoms with E-state index in [-0.39, 0.29) is 17.2 Å². The van der Waals surface area contributed by atoms with Crippen molar-refractivity contribution >= 4 is 40.6 Å². The molecule has 0 atom stereocenters. The van der Waals surface area contributed by atoms with E-state index in [1.54, 1.807) is 6.08 Å². The van der Waals surface area contributed by atoms with Crippen LogP contribution in [0.5, 0.6) is 5.75 Å². The van der Waals surface area contributed by atoms with Crippen molar-refractivity contribution in [1.29, 1.82) is 0 Å². The lowest BCUT2D eigenvalue weighted by Gasteiger charge is -2.01. The maximum Gasteiger partial charge on any atom is 0.339 e. The highest BCUT2D eigenvalue weighted by atomic mass is 32.2. The summed E-state index contributed by atoms with van der Waals surface area (Å²) in [6, 6.07) is 7.74. The smallest absolute Gasteiger partial charge is 0.339 e. The van der Waals surface area contributed by atoms with Gasteiger partial charge in [-0.2, -0.15) is 0 Å². The number of amides is 1. The molecule has 1 aromatic heterocycles. The summed E-state index contributed by atoms with van der Waals surface area (Å²) in [6.45, 7) is 0. The lowest BCUT2D eigenvalue weighted by atomic mass is 10.2. The highest BCUT2D eigenvalue weighted by Crippen LogP contribution is 2.29. The zero-order chi connectivity index (χ0) is 17.3. The van der Waals surface area contributed by atoms with E-state index in [0.29, 0.717) is 15.8 Å². The van der Waals surface area contributed by atoms with E-state index in [9.17, 15) is 14.7 Å². The summed E-state index contributed by atoms with van der Waals surface area (Å²) in [7, 11) is 1.88. The van der Waals surface area contributed by atoms with Gasteiger partial charge in [-0.15, -0.1) is 0 Å². The molecule has 0 radical (unpaired) electrons. The van der Waals surface area contributed by atoms with Crippen molar-refractivity contribution in [1.82, 2.24) is 9.88 Å². The molecule has 7 nitrogen and oxygen atoms in total. The predicted octanol–water partition coefficient (Wildman–Crippen LogP) is 2.32. The van der Waals surface area contributed by atoms with Gasteiger partial charge < -0.3 is 20.1 Å². The van der Waals surface area contributed by atoms with E-state index in [1.165, 1.54) is 30.0 Å². The van der Waals surface area contributed by atoms with Gasteiger partial charge in [0, 0.05) is 18.9 Å². The molecule has 24 heavy (non-hydrogen) atoms. The first-order valence-electron chi connectivity index (χ1n) is 6.91. The largest absolute Gasteiger partial charge is 0.507 e. The summed E-state index contributed by atoms with van der Waals surface area (Å²) < 4.78 is 1.88. The minimum Gasteiger partial charge on any atom is -0.507 e. The molecule has 0 spiro atoms. The van der Waals surface area contributed by atoms with Crippen molar-refractivity contribution in [3.05, 3.63) is 52.7 Å². The lowest BCUT2D eigenvalue weighted by molar-refractivity contribution is -0.115. The van der Waals surface area contributed by atoms with Crippen LogP contribution in [-0.2, 0) is 11.8 Å². The average molecular weight is 343 g/mol. The molecule has 1 amide bonds. The number of hydrogen-bond donors (Lipinski definition) is 3. The van der Waals surface area contributed by atoms with Crippen molar-refractivity contribution in [2.75, 3.05) is 0 Å². The number of phenols is 1. The Balaban J connectivity index is 1.87. The summed E-state index contributed by atoms with van der Waals surface area (Å²) >= 11 is 1.17. The van der Waals surface area contributed by atoms with Gasteiger partial charge in [0.15, 0.2) is 5.17 Å². The van der Waals surface area contributed by atoms with Gasteiger partial charge in [-0.3, -0.25) is 4.79 Å². The van der Waals surface area contributed by atoms with Crippen LogP contribution in [0.15, 0.2) is 46.4 Å². The van der Waals surface area contributed by atoms with E-state index >= 15 is 0 Å². The first-order chi connectivity index (χ1) is 11.4. The van der Waals surface area contributed by atoms with Crippen molar-refractivity contribution in [2.24, 2.45) is 12.0 Å². The van der Waals surface area contributed by atoms with Gasteiger partial charge >= 0.3 is 5.97 Å². The number of aromatic carboxylic acids is 1. The topological polar surface area (TPSA) is 104 Å². The predicted molar refractivity (Wildman–Crippen MR) is 91.3 cm³/mol. The van der Waals surface area contributed by atoms with E-state index in [2.05, 4.69) is 10.3 Å². The number of aliphatic imine (C=N–C) groups is 1. The number of nitrogens with one attached hydrogen (secondary N) is 1. The molecule has 122 valence electrons. The highest BCUT2D eigenvalue weighted by Gasteiger charge is 2.24. The Hall–Kier alpha value is -3.00. The van der Waals surface area contributed by atoms with Crippen LogP contribution >= 0.6 is 11.8 Å². The normalized spacial score (nSPS) is 17.5. The van der Waals surface area contributed by atoms with E-state index in [1.807, 2.05) is 29.9 Å². The number of carbonyl (C=O) groups is 2. The minimum absolute atomic E-state index is 0.245. The molecule has 0 bridgehead atoms. The number of rotatable bonds is 3. The quantitative estimate of drug-likeness (QED) is 0.742. The first kappa shape index (κ1) is 15.9. The first-order valence-corrected chi connectivity index (χ1v) is 7.73. The van der Waals surface area contributed by atoms with E-state index in [0.717, 1.165) is 5.69 Å².